The zero-order valence-electron chi connectivity index (χ0n) is 6.09. The minimum absolute atomic E-state index is 0. The van der Waals surface area contributed by atoms with Gasteiger partial charge in [-0.25, -0.2) is 0 Å². The molecule has 4 N–H and O–H groups in total. The first kappa shape index (κ1) is 67.7. The largest absolute Gasteiger partial charge is 2.00 e. The van der Waals surface area contributed by atoms with E-state index in [0.717, 1.165) is 0 Å². The Hall–Kier alpha value is 0.0758. The summed E-state index contributed by atoms with van der Waals surface area (Å²) in [5.74, 6) is 0. The summed E-state index contributed by atoms with van der Waals surface area (Å²) in [6, 6.07) is 0. The Kier molecular flexibility index (Phi) is 888000. The molecule has 0 aromatic carbocycles. The Morgan fingerprint density at radius 2 is 0.545 bits per heavy atom. The van der Waals surface area contributed by atoms with Crippen molar-refractivity contribution in [2.75, 3.05) is 0 Å². The number of nitrogens with zero attached hydrogens (tertiary/aromatic N) is 4. The zero-order valence-corrected chi connectivity index (χ0v) is 10.2. The molecular formula is C4H4CuKN5. The molecule has 0 rings (SSSR count). The maximum atomic E-state index is 6.25. The van der Waals surface area contributed by atoms with Gasteiger partial charge in [0.25, 0.3) is 0 Å². The van der Waals surface area contributed by atoms with Crippen LogP contribution in [0.25, 0.3) is 0 Å². The van der Waals surface area contributed by atoms with Gasteiger partial charge in [-0.2, -0.15) is 0 Å². The van der Waals surface area contributed by atoms with Crippen molar-refractivity contribution >= 4 is 0 Å². The Morgan fingerprint density at radius 1 is 0.545 bits per heavy atom. The molecule has 0 aromatic heterocycles. The monoisotopic (exact) mass is 224 g/mol. The van der Waals surface area contributed by atoms with Crippen LogP contribution in [0.3, 0.4) is 0 Å². The van der Waals surface area contributed by atoms with Crippen molar-refractivity contribution in [3.8, 4) is 0 Å². The SMILES string of the molecule is [C-]#N.[C-]#N.[C-]#N.[C-]#N.[Cu+2].[K+].[NH4+]. The van der Waals surface area contributed by atoms with Crippen molar-refractivity contribution in [3.05, 3.63) is 26.3 Å². The van der Waals surface area contributed by atoms with Gasteiger partial charge in [0, 0.05) is 0 Å². The fraction of sp³-hybridized carbons (Fsp3) is 0. The molecule has 0 unspecified atom stereocenters. The third-order valence-electron chi connectivity index (χ3n) is 0. The van der Waals surface area contributed by atoms with Gasteiger partial charge in [-0.15, -0.1) is 0 Å². The van der Waals surface area contributed by atoms with Gasteiger partial charge < -0.3 is 53.5 Å². The number of hydrogen-bond acceptors (Lipinski definition) is 4. The summed E-state index contributed by atoms with van der Waals surface area (Å²) in [6.07, 6.45) is 0. The third kappa shape index (κ3) is 114000. The molecule has 0 saturated heterocycles. The van der Waals surface area contributed by atoms with Crippen LogP contribution in [0.15, 0.2) is 0 Å². The second kappa shape index (κ2) is 144000. The quantitative estimate of drug-likeness (QED) is 0.368. The smallest absolute Gasteiger partial charge is 0.512 e. The van der Waals surface area contributed by atoms with Gasteiger partial charge >= 0.3 is 68.5 Å². The van der Waals surface area contributed by atoms with Crippen LogP contribution < -0.4 is 57.5 Å². The van der Waals surface area contributed by atoms with E-state index in [0.29, 0.717) is 0 Å². The Morgan fingerprint density at radius 3 is 0.545 bits per heavy atom. The first-order chi connectivity index (χ1) is 4.00. The number of hydrogen-bond donors (Lipinski definition) is 1. The van der Waals surface area contributed by atoms with Gasteiger partial charge in [-0.1, -0.05) is 0 Å². The van der Waals surface area contributed by atoms with Crippen LogP contribution in [0.1, 0.15) is 0 Å². The number of quaternary nitrogens is 1. The molecule has 7 heteroatoms. The first-order valence-electron chi connectivity index (χ1n) is 0.894. The summed E-state index contributed by atoms with van der Waals surface area (Å²) in [5.41, 5.74) is 0. The van der Waals surface area contributed by atoms with Crippen molar-refractivity contribution in [2.45, 2.75) is 0 Å². The van der Waals surface area contributed by atoms with E-state index < -0.39 is 0 Å². The average Bonchev–Trinajstić information content (AvgIpc) is 2.03. The fourth-order valence-electron chi connectivity index (χ4n) is 0. The summed E-state index contributed by atoms with van der Waals surface area (Å²) in [5, 5.41) is 25.0. The van der Waals surface area contributed by atoms with Crippen LogP contribution in [0.2, 0.25) is 0 Å². The van der Waals surface area contributed by atoms with E-state index in [4.69, 9.17) is 47.3 Å². The minimum atomic E-state index is 0. The van der Waals surface area contributed by atoms with Crippen molar-refractivity contribution < 1.29 is 68.5 Å². The summed E-state index contributed by atoms with van der Waals surface area (Å²) in [6.45, 7) is 19.0. The fourth-order valence-corrected chi connectivity index (χ4v) is 0. The van der Waals surface area contributed by atoms with Crippen molar-refractivity contribution in [3.63, 3.8) is 0 Å². The topological polar surface area (TPSA) is 132 Å². The molecule has 0 saturated carbocycles. The van der Waals surface area contributed by atoms with Crippen LogP contribution in [-0.2, 0) is 17.1 Å². The van der Waals surface area contributed by atoms with Crippen molar-refractivity contribution in [1.82, 2.24) is 6.15 Å². The molecule has 0 spiro atoms. The van der Waals surface area contributed by atoms with Crippen LogP contribution in [0, 0.1) is 47.3 Å². The first-order valence-corrected chi connectivity index (χ1v) is 0.894. The average molecular weight is 225 g/mol. The van der Waals surface area contributed by atoms with Crippen molar-refractivity contribution in [2.24, 2.45) is 0 Å². The van der Waals surface area contributed by atoms with Gasteiger partial charge in [0.05, 0.1) is 0 Å². The summed E-state index contributed by atoms with van der Waals surface area (Å²) >= 11 is 0. The second-order valence-corrected chi connectivity index (χ2v) is 0. The molecule has 0 aliphatic rings. The molecule has 0 fully saturated rings. The molecule has 0 bridgehead atoms. The maximum absolute atomic E-state index is 6.25. The van der Waals surface area contributed by atoms with Gasteiger partial charge in [-0.3, -0.25) is 0 Å². The molecule has 1 radical (unpaired) electrons. The minimum Gasteiger partial charge on any atom is -0.512 e. The Bertz CT molecular complexity index is 61.5. The standard InChI is InChI=1S/4CN.Cu.K.H3N/c4*1-2;;;/h;;;;;;1H3/q4*-1;+2;+1;/p+1. The molecular weight excluding hydrogens is 221 g/mol. The van der Waals surface area contributed by atoms with Gasteiger partial charge in [0.2, 0.25) is 0 Å². The molecule has 0 atom stereocenters. The van der Waals surface area contributed by atoms with E-state index in [9.17, 15) is 0 Å². The van der Waals surface area contributed by atoms with Crippen LogP contribution >= 0.6 is 0 Å². The molecule has 0 amide bonds. The van der Waals surface area contributed by atoms with Crippen molar-refractivity contribution in [1.29, 1.82) is 21.0 Å². The zero-order chi connectivity index (χ0) is 8.00. The van der Waals surface area contributed by atoms with Crippen LogP contribution in [-0.4, -0.2) is 0 Å². The molecule has 0 aliphatic heterocycles. The Balaban J connectivity index is -0.00000000356. The van der Waals surface area contributed by atoms with Crippen LogP contribution in [0.5, 0.6) is 0 Å². The van der Waals surface area contributed by atoms with Gasteiger partial charge in [0.15, 0.2) is 0 Å². The van der Waals surface area contributed by atoms with E-state index in [1.54, 1.807) is 0 Å². The molecule has 0 aliphatic carbocycles. The maximum Gasteiger partial charge on any atom is 2.00 e. The third-order valence-corrected chi connectivity index (χ3v) is 0. The summed E-state index contributed by atoms with van der Waals surface area (Å²) in [7, 11) is 0. The predicted molar refractivity (Wildman–Crippen MR) is 25.9 cm³/mol. The summed E-state index contributed by atoms with van der Waals surface area (Å²) < 4.78 is 0. The van der Waals surface area contributed by atoms with E-state index in [-0.39, 0.29) is 74.6 Å². The molecule has 57 valence electrons. The van der Waals surface area contributed by atoms with E-state index >= 15 is 0 Å². The molecule has 0 heterocycles. The normalized spacial score (nSPS) is 0.727. The molecule has 5 nitrogen and oxygen atoms in total. The Labute approximate surface area is 120 Å². The van der Waals surface area contributed by atoms with E-state index in [2.05, 4.69) is 0 Å². The van der Waals surface area contributed by atoms with Gasteiger partial charge in [0.1, 0.15) is 0 Å². The van der Waals surface area contributed by atoms with E-state index in [1.807, 2.05) is 0 Å². The second-order valence-electron chi connectivity index (χ2n) is 0. The van der Waals surface area contributed by atoms with Gasteiger partial charge in [-0.05, 0) is 0 Å². The van der Waals surface area contributed by atoms with E-state index in [1.165, 1.54) is 0 Å². The molecule has 0 aromatic rings. The number of rotatable bonds is 0. The summed E-state index contributed by atoms with van der Waals surface area (Å²) in [4.78, 5) is 0. The molecule has 11 heavy (non-hydrogen) atoms. The predicted octanol–water partition coefficient (Wildman–Crippen LogP) is -2.24. The van der Waals surface area contributed by atoms with Crippen LogP contribution in [0.4, 0.5) is 0 Å².